The molecule has 0 N–H and O–H groups in total. The van der Waals surface area contributed by atoms with E-state index in [-0.39, 0.29) is 5.02 Å². The highest BCUT2D eigenvalue weighted by molar-refractivity contribution is 6.45. The first-order chi connectivity index (χ1) is 9.24. The molecule has 0 fully saturated rings. The summed E-state index contributed by atoms with van der Waals surface area (Å²) < 4.78 is 6.50. The summed E-state index contributed by atoms with van der Waals surface area (Å²) in [5.41, 5.74) is 0.0695. The first-order valence-corrected chi connectivity index (χ1v) is 6.68. The van der Waals surface area contributed by atoms with Crippen LogP contribution in [0.25, 0.3) is 10.9 Å². The number of fused-ring (bicyclic) bond motifs is 1. The Morgan fingerprint density at radius 1 is 1.30 bits per heavy atom. The summed E-state index contributed by atoms with van der Waals surface area (Å²) in [4.78, 5) is 23.3. The number of rotatable bonds is 1. The van der Waals surface area contributed by atoms with Crippen LogP contribution in [0.2, 0.25) is 10.0 Å². The molecule has 2 aromatic rings. The van der Waals surface area contributed by atoms with Crippen LogP contribution in [-0.4, -0.2) is 22.5 Å². The van der Waals surface area contributed by atoms with Gasteiger partial charge in [-0.2, -0.15) is 0 Å². The highest BCUT2D eigenvalue weighted by atomic mass is 35.5. The predicted molar refractivity (Wildman–Crippen MR) is 79.0 cm³/mol. The fourth-order valence-corrected chi connectivity index (χ4v) is 2.24. The van der Waals surface area contributed by atoms with Gasteiger partial charge in [0, 0.05) is 17.1 Å². The Morgan fingerprint density at radius 2 is 1.95 bits per heavy atom. The quantitative estimate of drug-likeness (QED) is 0.726. The topological polar surface area (TPSA) is 48.3 Å². The third-order valence-electron chi connectivity index (χ3n) is 2.61. The van der Waals surface area contributed by atoms with Crippen molar-refractivity contribution in [1.82, 2.24) is 4.57 Å². The lowest BCUT2D eigenvalue weighted by Gasteiger charge is -2.20. The fourth-order valence-electron chi connectivity index (χ4n) is 1.83. The molecular weight excluding hydrogens is 301 g/mol. The van der Waals surface area contributed by atoms with E-state index >= 15 is 0 Å². The molecule has 2 rings (SSSR count). The molecule has 1 aromatic carbocycles. The summed E-state index contributed by atoms with van der Waals surface area (Å²) in [5.74, 6) is 0. The second kappa shape index (κ2) is 5.11. The van der Waals surface area contributed by atoms with Crippen LogP contribution < -0.4 is 0 Å². The number of carbonyl (C=O) groups excluding carboxylic acids is 2. The summed E-state index contributed by atoms with van der Waals surface area (Å²) in [6.45, 7) is 5.27. The second-order valence-electron chi connectivity index (χ2n) is 5.31. The van der Waals surface area contributed by atoms with Gasteiger partial charge in [-0.3, -0.25) is 9.36 Å². The van der Waals surface area contributed by atoms with Crippen molar-refractivity contribution >= 4 is 46.5 Å². The molecule has 0 atom stereocenters. The molecule has 0 aliphatic heterocycles. The highest BCUT2D eigenvalue weighted by Crippen LogP contribution is 2.33. The van der Waals surface area contributed by atoms with Crippen LogP contribution in [0, 0.1) is 0 Å². The van der Waals surface area contributed by atoms with Gasteiger partial charge in [0.15, 0.2) is 6.29 Å². The summed E-state index contributed by atoms with van der Waals surface area (Å²) in [6, 6.07) is 3.23. The average Bonchev–Trinajstić information content (AvgIpc) is 2.71. The molecule has 1 aromatic heterocycles. The molecule has 0 saturated heterocycles. The summed E-state index contributed by atoms with van der Waals surface area (Å²) in [7, 11) is 0. The minimum Gasteiger partial charge on any atom is -0.443 e. The van der Waals surface area contributed by atoms with Gasteiger partial charge in [-0.15, -0.1) is 0 Å². The lowest BCUT2D eigenvalue weighted by molar-refractivity contribution is 0.0544. The normalized spacial score (nSPS) is 11.7. The molecule has 0 spiro atoms. The van der Waals surface area contributed by atoms with E-state index in [0.29, 0.717) is 27.8 Å². The van der Waals surface area contributed by atoms with E-state index in [9.17, 15) is 9.59 Å². The van der Waals surface area contributed by atoms with Crippen molar-refractivity contribution in [2.75, 3.05) is 0 Å². The zero-order chi connectivity index (χ0) is 15.1. The van der Waals surface area contributed by atoms with Crippen molar-refractivity contribution in [3.8, 4) is 0 Å². The molecule has 20 heavy (non-hydrogen) atoms. The molecule has 6 heteroatoms. The van der Waals surface area contributed by atoms with Crippen LogP contribution in [0.15, 0.2) is 18.3 Å². The number of carbonyl (C=O) groups is 2. The molecular formula is C14H13Cl2NO3. The van der Waals surface area contributed by atoms with Crippen molar-refractivity contribution in [3.63, 3.8) is 0 Å². The fraction of sp³-hybridized carbons (Fsp3) is 0.286. The van der Waals surface area contributed by atoms with Gasteiger partial charge >= 0.3 is 6.09 Å². The minimum absolute atomic E-state index is 0.211. The SMILES string of the molecule is CC(C)(C)OC(=O)n1cc(C=O)c2ccc(Cl)c(Cl)c21. The molecule has 106 valence electrons. The van der Waals surface area contributed by atoms with Crippen LogP contribution in [0.3, 0.4) is 0 Å². The van der Waals surface area contributed by atoms with Crippen molar-refractivity contribution in [2.45, 2.75) is 26.4 Å². The van der Waals surface area contributed by atoms with Gasteiger partial charge in [0.25, 0.3) is 0 Å². The summed E-state index contributed by atoms with van der Waals surface area (Å²) in [6.07, 6.45) is 1.45. The van der Waals surface area contributed by atoms with Gasteiger partial charge in [-0.25, -0.2) is 4.79 Å². The zero-order valence-corrected chi connectivity index (χ0v) is 12.7. The van der Waals surface area contributed by atoms with Crippen LogP contribution in [-0.2, 0) is 4.74 Å². The molecule has 0 aliphatic carbocycles. The highest BCUT2D eigenvalue weighted by Gasteiger charge is 2.22. The lowest BCUT2D eigenvalue weighted by Crippen LogP contribution is -2.26. The first kappa shape index (κ1) is 14.9. The smallest absolute Gasteiger partial charge is 0.419 e. The third-order valence-corrected chi connectivity index (χ3v) is 3.40. The Labute approximate surface area is 126 Å². The maximum atomic E-state index is 12.2. The Balaban J connectivity index is 2.67. The van der Waals surface area contributed by atoms with Gasteiger partial charge in [0.05, 0.1) is 15.6 Å². The zero-order valence-electron chi connectivity index (χ0n) is 11.2. The van der Waals surface area contributed by atoms with Gasteiger partial charge in [0.2, 0.25) is 0 Å². The Kier molecular flexibility index (Phi) is 3.80. The molecule has 0 amide bonds. The van der Waals surface area contributed by atoms with Gasteiger partial charge in [-0.1, -0.05) is 29.3 Å². The lowest BCUT2D eigenvalue weighted by atomic mass is 10.2. The van der Waals surface area contributed by atoms with Crippen LogP contribution in [0.5, 0.6) is 0 Å². The van der Waals surface area contributed by atoms with E-state index < -0.39 is 11.7 Å². The Hall–Kier alpha value is -1.52. The molecule has 1 heterocycles. The Bertz CT molecular complexity index is 698. The number of halogens is 2. The van der Waals surface area contributed by atoms with Gasteiger partial charge in [-0.05, 0) is 26.8 Å². The van der Waals surface area contributed by atoms with E-state index in [1.54, 1.807) is 32.9 Å². The van der Waals surface area contributed by atoms with E-state index in [1.165, 1.54) is 10.8 Å². The summed E-state index contributed by atoms with van der Waals surface area (Å²) >= 11 is 12.1. The molecule has 0 radical (unpaired) electrons. The predicted octanol–water partition coefficient (Wildman–Crippen LogP) is 4.54. The van der Waals surface area contributed by atoms with Crippen LogP contribution >= 0.6 is 23.2 Å². The molecule has 0 unspecified atom stereocenters. The maximum Gasteiger partial charge on any atom is 0.419 e. The van der Waals surface area contributed by atoms with E-state index in [1.807, 2.05) is 0 Å². The first-order valence-electron chi connectivity index (χ1n) is 5.92. The number of aromatic nitrogens is 1. The van der Waals surface area contributed by atoms with E-state index in [0.717, 1.165) is 0 Å². The van der Waals surface area contributed by atoms with Crippen LogP contribution in [0.1, 0.15) is 31.1 Å². The number of hydrogen-bond acceptors (Lipinski definition) is 3. The molecule has 4 nitrogen and oxygen atoms in total. The number of benzene rings is 1. The van der Waals surface area contributed by atoms with Crippen molar-refractivity contribution in [1.29, 1.82) is 0 Å². The Morgan fingerprint density at radius 3 is 2.50 bits per heavy atom. The number of aldehydes is 1. The minimum atomic E-state index is -0.653. The number of nitrogens with zero attached hydrogens (tertiary/aromatic N) is 1. The number of ether oxygens (including phenoxy) is 1. The van der Waals surface area contributed by atoms with Gasteiger partial charge < -0.3 is 4.74 Å². The van der Waals surface area contributed by atoms with Crippen molar-refractivity contribution < 1.29 is 14.3 Å². The largest absolute Gasteiger partial charge is 0.443 e. The second-order valence-corrected chi connectivity index (χ2v) is 6.10. The average molecular weight is 314 g/mol. The number of hydrogen-bond donors (Lipinski definition) is 0. The molecule has 0 bridgehead atoms. The molecule has 0 aliphatic rings. The standard InChI is InChI=1S/C14H13Cl2NO3/c1-14(2,3)20-13(19)17-6-8(7-18)9-4-5-10(15)11(16)12(9)17/h4-7H,1-3H3. The maximum absolute atomic E-state index is 12.2. The molecule has 0 saturated carbocycles. The third kappa shape index (κ3) is 2.67. The van der Waals surface area contributed by atoms with Gasteiger partial charge in [0.1, 0.15) is 5.60 Å². The van der Waals surface area contributed by atoms with Crippen molar-refractivity contribution in [3.05, 3.63) is 33.9 Å². The van der Waals surface area contributed by atoms with Crippen molar-refractivity contribution in [2.24, 2.45) is 0 Å². The van der Waals surface area contributed by atoms with Crippen LogP contribution in [0.4, 0.5) is 4.79 Å². The monoisotopic (exact) mass is 313 g/mol. The van der Waals surface area contributed by atoms with E-state index in [2.05, 4.69) is 0 Å². The summed E-state index contributed by atoms with van der Waals surface area (Å²) in [5, 5.41) is 1.07. The van der Waals surface area contributed by atoms with E-state index in [4.69, 9.17) is 27.9 Å².